The van der Waals surface area contributed by atoms with Crippen LogP contribution in [-0.4, -0.2) is 16.4 Å². The number of aromatic nitrogens is 1. The minimum absolute atomic E-state index is 0.241. The average molecular weight is 239 g/mol. The smallest absolute Gasteiger partial charge is 0.126 e. The Morgan fingerprint density at radius 1 is 1.25 bits per heavy atom. The lowest BCUT2D eigenvalue weighted by molar-refractivity contribution is 0.625. The second kappa shape index (κ2) is 5.53. The summed E-state index contributed by atoms with van der Waals surface area (Å²) in [5.41, 5.74) is 1.19. The fraction of sp³-hybridized carbons (Fsp3) is 0.615. The third kappa shape index (κ3) is 3.11. The molecule has 0 radical (unpaired) electrons. The van der Waals surface area contributed by atoms with Crippen molar-refractivity contribution in [3.63, 3.8) is 0 Å². The standard InChI is InChI=1S/C13H19ClN2/c1-10-7-8-13(15-9-10)16-12-6-4-2-3-5-11(12)14/h7-9,11-12H,2-6H2,1H3,(H,15,16). The van der Waals surface area contributed by atoms with Crippen LogP contribution in [0.5, 0.6) is 0 Å². The molecular weight excluding hydrogens is 220 g/mol. The van der Waals surface area contributed by atoms with E-state index < -0.39 is 0 Å². The molecular formula is C13H19ClN2. The van der Waals surface area contributed by atoms with Crippen molar-refractivity contribution in [3.8, 4) is 0 Å². The highest BCUT2D eigenvalue weighted by atomic mass is 35.5. The molecule has 0 amide bonds. The van der Waals surface area contributed by atoms with Crippen LogP contribution in [-0.2, 0) is 0 Å². The quantitative estimate of drug-likeness (QED) is 0.627. The van der Waals surface area contributed by atoms with Crippen molar-refractivity contribution < 1.29 is 0 Å². The number of alkyl halides is 1. The predicted molar refractivity (Wildman–Crippen MR) is 69.1 cm³/mol. The van der Waals surface area contributed by atoms with Gasteiger partial charge >= 0.3 is 0 Å². The first kappa shape index (κ1) is 11.7. The SMILES string of the molecule is Cc1ccc(NC2CCCCCC2Cl)nc1. The monoisotopic (exact) mass is 238 g/mol. The lowest BCUT2D eigenvalue weighted by Gasteiger charge is -2.21. The number of hydrogen-bond donors (Lipinski definition) is 1. The van der Waals surface area contributed by atoms with Crippen LogP contribution >= 0.6 is 11.6 Å². The Morgan fingerprint density at radius 3 is 2.81 bits per heavy atom. The Hall–Kier alpha value is -0.760. The third-order valence-electron chi connectivity index (χ3n) is 3.18. The Morgan fingerprint density at radius 2 is 2.06 bits per heavy atom. The van der Waals surface area contributed by atoms with Crippen LogP contribution in [0.1, 0.15) is 37.7 Å². The number of hydrogen-bond acceptors (Lipinski definition) is 2. The predicted octanol–water partition coefficient (Wildman–Crippen LogP) is 3.74. The van der Waals surface area contributed by atoms with Gasteiger partial charge in [-0.05, 0) is 31.4 Å². The molecule has 1 heterocycles. The molecule has 2 nitrogen and oxygen atoms in total. The average Bonchev–Trinajstić information content (AvgIpc) is 2.48. The molecule has 3 heteroatoms. The summed E-state index contributed by atoms with van der Waals surface area (Å²) in [5.74, 6) is 0.947. The molecule has 0 aliphatic heterocycles. The van der Waals surface area contributed by atoms with Gasteiger partial charge < -0.3 is 5.32 Å². The van der Waals surface area contributed by atoms with Crippen molar-refractivity contribution in [2.75, 3.05) is 5.32 Å². The zero-order valence-corrected chi connectivity index (χ0v) is 10.5. The van der Waals surface area contributed by atoms with Crippen LogP contribution in [0.3, 0.4) is 0 Å². The van der Waals surface area contributed by atoms with E-state index in [1.165, 1.54) is 24.8 Å². The number of anilines is 1. The molecule has 2 unspecified atom stereocenters. The zero-order chi connectivity index (χ0) is 11.4. The minimum atomic E-state index is 0.241. The van der Waals surface area contributed by atoms with Crippen LogP contribution in [0.25, 0.3) is 0 Å². The summed E-state index contributed by atoms with van der Waals surface area (Å²) in [6.45, 7) is 2.05. The number of nitrogens with one attached hydrogen (secondary N) is 1. The molecule has 1 N–H and O–H groups in total. The lowest BCUT2D eigenvalue weighted by Crippen LogP contribution is -2.29. The van der Waals surface area contributed by atoms with Gasteiger partial charge in [0.05, 0.1) is 5.38 Å². The molecule has 1 aliphatic carbocycles. The van der Waals surface area contributed by atoms with Crippen LogP contribution in [0, 0.1) is 6.92 Å². The van der Waals surface area contributed by atoms with Crippen LogP contribution in [0.4, 0.5) is 5.82 Å². The Balaban J connectivity index is 1.99. The van der Waals surface area contributed by atoms with E-state index >= 15 is 0 Å². The van der Waals surface area contributed by atoms with Crippen molar-refractivity contribution in [1.29, 1.82) is 0 Å². The molecule has 88 valence electrons. The van der Waals surface area contributed by atoms with Gasteiger partial charge in [0, 0.05) is 12.2 Å². The van der Waals surface area contributed by atoms with E-state index in [0.29, 0.717) is 6.04 Å². The first-order valence-electron chi connectivity index (χ1n) is 6.09. The maximum Gasteiger partial charge on any atom is 0.126 e. The maximum absolute atomic E-state index is 6.38. The van der Waals surface area contributed by atoms with Gasteiger partial charge in [0.1, 0.15) is 5.82 Å². The molecule has 16 heavy (non-hydrogen) atoms. The van der Waals surface area contributed by atoms with Crippen LogP contribution < -0.4 is 5.32 Å². The summed E-state index contributed by atoms with van der Waals surface area (Å²) >= 11 is 6.38. The zero-order valence-electron chi connectivity index (χ0n) is 9.75. The normalized spacial score (nSPS) is 26.1. The molecule has 1 fully saturated rings. The van der Waals surface area contributed by atoms with E-state index in [4.69, 9.17) is 11.6 Å². The highest BCUT2D eigenvalue weighted by molar-refractivity contribution is 6.21. The van der Waals surface area contributed by atoms with Gasteiger partial charge in [-0.2, -0.15) is 0 Å². The van der Waals surface area contributed by atoms with E-state index in [2.05, 4.69) is 16.4 Å². The summed E-state index contributed by atoms with van der Waals surface area (Å²) in [5, 5.41) is 3.70. The van der Waals surface area contributed by atoms with Crippen molar-refractivity contribution in [2.45, 2.75) is 50.4 Å². The highest BCUT2D eigenvalue weighted by Gasteiger charge is 2.21. The molecule has 0 bridgehead atoms. The maximum atomic E-state index is 6.38. The molecule has 0 aromatic carbocycles. The summed E-state index contributed by atoms with van der Waals surface area (Å²) < 4.78 is 0. The molecule has 1 aromatic rings. The molecule has 0 spiro atoms. The Bertz CT molecular complexity index is 323. The summed E-state index contributed by atoms with van der Waals surface area (Å²) in [6.07, 6.45) is 8.00. The van der Waals surface area contributed by atoms with Crippen molar-refractivity contribution in [3.05, 3.63) is 23.9 Å². The van der Waals surface area contributed by atoms with Gasteiger partial charge in [-0.3, -0.25) is 0 Å². The Labute approximate surface area is 102 Å². The molecule has 0 saturated heterocycles. The van der Waals surface area contributed by atoms with Gasteiger partial charge in [0.25, 0.3) is 0 Å². The number of nitrogens with zero attached hydrogens (tertiary/aromatic N) is 1. The Kier molecular flexibility index (Phi) is 4.05. The summed E-state index contributed by atoms with van der Waals surface area (Å²) in [6, 6.07) is 4.48. The summed E-state index contributed by atoms with van der Waals surface area (Å²) in [4.78, 5) is 4.37. The van der Waals surface area contributed by atoms with E-state index in [9.17, 15) is 0 Å². The van der Waals surface area contributed by atoms with Crippen molar-refractivity contribution in [1.82, 2.24) is 4.98 Å². The van der Waals surface area contributed by atoms with Crippen molar-refractivity contribution >= 4 is 17.4 Å². The van der Waals surface area contributed by atoms with Gasteiger partial charge in [-0.15, -0.1) is 11.6 Å². The van der Waals surface area contributed by atoms with Gasteiger partial charge in [0.15, 0.2) is 0 Å². The molecule has 2 atom stereocenters. The van der Waals surface area contributed by atoms with E-state index in [1.807, 2.05) is 19.2 Å². The number of rotatable bonds is 2. The summed E-state index contributed by atoms with van der Waals surface area (Å²) in [7, 11) is 0. The molecule has 1 saturated carbocycles. The third-order valence-corrected chi connectivity index (χ3v) is 3.70. The van der Waals surface area contributed by atoms with E-state index in [-0.39, 0.29) is 5.38 Å². The second-order valence-electron chi connectivity index (χ2n) is 4.63. The minimum Gasteiger partial charge on any atom is -0.366 e. The topological polar surface area (TPSA) is 24.9 Å². The first-order chi connectivity index (χ1) is 7.75. The second-order valence-corrected chi connectivity index (χ2v) is 5.19. The fourth-order valence-electron chi connectivity index (χ4n) is 2.17. The lowest BCUT2D eigenvalue weighted by atomic mass is 10.1. The number of halogens is 1. The largest absolute Gasteiger partial charge is 0.366 e. The van der Waals surface area contributed by atoms with Crippen molar-refractivity contribution in [2.24, 2.45) is 0 Å². The number of pyridine rings is 1. The molecule has 2 rings (SSSR count). The van der Waals surface area contributed by atoms with Gasteiger partial charge in [-0.1, -0.05) is 25.3 Å². The van der Waals surface area contributed by atoms with Crippen LogP contribution in [0.2, 0.25) is 0 Å². The van der Waals surface area contributed by atoms with Crippen LogP contribution in [0.15, 0.2) is 18.3 Å². The fourth-order valence-corrected chi connectivity index (χ4v) is 2.51. The van der Waals surface area contributed by atoms with E-state index in [0.717, 1.165) is 18.7 Å². The molecule has 1 aliphatic rings. The first-order valence-corrected chi connectivity index (χ1v) is 6.52. The number of aryl methyl sites for hydroxylation is 1. The molecule has 1 aromatic heterocycles. The van der Waals surface area contributed by atoms with Gasteiger partial charge in [-0.25, -0.2) is 4.98 Å². The highest BCUT2D eigenvalue weighted by Crippen LogP contribution is 2.24. The van der Waals surface area contributed by atoms with Gasteiger partial charge in [0.2, 0.25) is 0 Å². The van der Waals surface area contributed by atoms with E-state index in [1.54, 1.807) is 0 Å².